The molecule has 6 aliphatic rings. The van der Waals surface area contributed by atoms with Gasteiger partial charge in [0.2, 0.25) is 5.91 Å². The Morgan fingerprint density at radius 1 is 0.500 bits per heavy atom. The third-order valence-electron chi connectivity index (χ3n) is 21.6. The van der Waals surface area contributed by atoms with Gasteiger partial charge >= 0.3 is 0 Å². The van der Waals surface area contributed by atoms with Crippen LogP contribution in [-0.4, -0.2) is 174 Å². The quantitative estimate of drug-likeness (QED) is 0.0466. The first kappa shape index (κ1) is 74.2. The number of benzene rings is 2. The van der Waals surface area contributed by atoms with Crippen LogP contribution in [0.5, 0.6) is 0 Å². The third-order valence-corrected chi connectivity index (χ3v) is 21.6. The van der Waals surface area contributed by atoms with Gasteiger partial charge in [0, 0.05) is 156 Å². The lowest BCUT2D eigenvalue weighted by molar-refractivity contribution is -0.132. The Bertz CT molecular complexity index is 5670. The van der Waals surface area contributed by atoms with E-state index < -0.39 is 0 Å². The smallest absolute Gasteiger partial charge is 0.254 e. The molecular weight excluding hydrogens is 1420 g/mol. The van der Waals surface area contributed by atoms with Gasteiger partial charge in [0.15, 0.2) is 0 Å². The van der Waals surface area contributed by atoms with E-state index in [0.717, 1.165) is 149 Å². The molecule has 3 fully saturated rings. The van der Waals surface area contributed by atoms with E-state index in [0.29, 0.717) is 113 Å². The summed E-state index contributed by atoms with van der Waals surface area (Å²) in [5, 5.41) is 20.0. The van der Waals surface area contributed by atoms with Gasteiger partial charge in [0.25, 0.3) is 17.7 Å². The summed E-state index contributed by atoms with van der Waals surface area (Å²) in [5.41, 5.74) is 19.9. The highest BCUT2D eigenvalue weighted by Crippen LogP contribution is 2.42. The monoisotopic (exact) mass is 1510 g/mol. The molecule has 10 aromatic heterocycles. The van der Waals surface area contributed by atoms with Crippen molar-refractivity contribution in [1.82, 2.24) is 83.8 Å². The van der Waals surface area contributed by atoms with Gasteiger partial charge in [-0.15, -0.1) is 0 Å². The highest BCUT2D eigenvalue weighted by atomic mass is 19.1. The van der Waals surface area contributed by atoms with Gasteiger partial charge in [-0.1, -0.05) is 30.3 Å². The molecule has 112 heavy (non-hydrogen) atoms. The molecule has 2 aromatic carbocycles. The van der Waals surface area contributed by atoms with E-state index in [4.69, 9.17) is 29.4 Å². The molecule has 3 atom stereocenters. The fourth-order valence-corrected chi connectivity index (χ4v) is 16.2. The van der Waals surface area contributed by atoms with Gasteiger partial charge in [-0.25, -0.2) is 38.7 Å². The average molecular weight is 1510 g/mol. The van der Waals surface area contributed by atoms with Crippen LogP contribution in [0.1, 0.15) is 131 Å². The Labute approximate surface area is 646 Å². The number of rotatable bonds is 18. The molecule has 26 nitrogen and oxygen atoms in total. The largest absolute Gasteiger partial charge is 0.381 e. The van der Waals surface area contributed by atoms with E-state index >= 15 is 0 Å². The fraction of sp³-hybridized carbons (Fsp3) is 0.321. The molecular formula is C84H88F2N20O6. The highest BCUT2D eigenvalue weighted by Gasteiger charge is 2.34. The van der Waals surface area contributed by atoms with Crippen molar-refractivity contribution in [3.8, 4) is 33.8 Å². The van der Waals surface area contributed by atoms with Crippen LogP contribution in [-0.2, 0) is 60.6 Å². The predicted molar refractivity (Wildman–Crippen MR) is 424 cm³/mol. The zero-order valence-electron chi connectivity index (χ0n) is 63.8. The molecule has 0 bridgehead atoms. The Kier molecular flexibility index (Phi) is 20.8. The lowest BCUT2D eigenvalue weighted by atomic mass is 9.88. The molecule has 0 saturated carbocycles. The minimum atomic E-state index is -0.351. The molecule has 18 rings (SSSR count). The second kappa shape index (κ2) is 31.4. The molecule has 6 aliphatic heterocycles. The number of aryl methyl sites for hydroxylation is 1. The summed E-state index contributed by atoms with van der Waals surface area (Å²) in [4.78, 5) is 92.1. The molecule has 28 heteroatoms. The van der Waals surface area contributed by atoms with Crippen molar-refractivity contribution in [2.24, 2.45) is 7.05 Å². The Balaban J connectivity index is 0.000000127. The molecule has 0 spiro atoms. The topological polar surface area (TPSA) is 276 Å². The SMILES string of the molecule is CN(C)Cc1nc(Nc2ccc(-c3cnc4cc(F)ccn34)c3c2C(=O)NC3)ccc1[C@@H]1CCCOC1.CN(C)Cc1nc(Nc2ccc(-c3cnc4cc(F)ccn34)c3c2C(=O)NC3)ccc1[C@H]1CCN(C)C(=O)C1.CN(C)Cc1nc(Nc2cnc(-c3ccnc4c3ccn4C)c3c2C(=O)NC3)ccc1[C@@H]1CCOC1. The maximum absolute atomic E-state index is 13.7. The summed E-state index contributed by atoms with van der Waals surface area (Å²) >= 11 is 0. The molecule has 3 saturated heterocycles. The first-order valence-electron chi connectivity index (χ1n) is 37.7. The molecule has 12 aromatic rings. The van der Waals surface area contributed by atoms with Crippen LogP contribution < -0.4 is 31.9 Å². The third kappa shape index (κ3) is 15.0. The summed E-state index contributed by atoms with van der Waals surface area (Å²) in [6, 6.07) is 29.5. The van der Waals surface area contributed by atoms with E-state index in [1.54, 1.807) is 42.1 Å². The van der Waals surface area contributed by atoms with E-state index in [1.165, 1.54) is 35.4 Å². The van der Waals surface area contributed by atoms with Crippen LogP contribution in [0.4, 0.5) is 43.3 Å². The first-order chi connectivity index (χ1) is 54.2. The normalized spacial score (nSPS) is 17.2. The lowest BCUT2D eigenvalue weighted by Crippen LogP contribution is -2.35. The highest BCUT2D eigenvalue weighted by molar-refractivity contribution is 6.08. The van der Waals surface area contributed by atoms with Crippen LogP contribution in [0.25, 0.3) is 56.1 Å². The molecule has 16 heterocycles. The van der Waals surface area contributed by atoms with Crippen LogP contribution in [0.3, 0.4) is 0 Å². The second-order valence-electron chi connectivity index (χ2n) is 30.2. The molecule has 0 aliphatic carbocycles. The predicted octanol–water partition coefficient (Wildman–Crippen LogP) is 12.0. The number of hydrogen-bond donors (Lipinski definition) is 6. The number of nitrogens with zero attached hydrogens (tertiary/aromatic N) is 14. The number of hydrogen-bond acceptors (Lipinski definition) is 19. The number of fused-ring (bicyclic) bond motifs is 6. The summed E-state index contributed by atoms with van der Waals surface area (Å²) < 4.78 is 44.4. The maximum atomic E-state index is 13.7. The Morgan fingerprint density at radius 3 is 1.49 bits per heavy atom. The van der Waals surface area contributed by atoms with Crippen molar-refractivity contribution >= 4 is 80.5 Å². The van der Waals surface area contributed by atoms with Gasteiger partial charge < -0.3 is 65.5 Å². The number of pyridine rings is 7. The number of imidazole rings is 2. The van der Waals surface area contributed by atoms with Crippen molar-refractivity contribution < 1.29 is 37.4 Å². The van der Waals surface area contributed by atoms with Crippen molar-refractivity contribution in [2.75, 3.05) is 98.3 Å². The second-order valence-corrected chi connectivity index (χ2v) is 30.2. The average Bonchev–Trinajstić information content (AvgIpc) is 1.62. The summed E-state index contributed by atoms with van der Waals surface area (Å²) in [6.07, 6.45) is 16.8. The fourth-order valence-electron chi connectivity index (χ4n) is 16.2. The number of piperidine rings is 1. The summed E-state index contributed by atoms with van der Waals surface area (Å²) in [7, 11) is 16.0. The van der Waals surface area contributed by atoms with E-state index in [9.17, 15) is 28.0 Å². The molecule has 574 valence electrons. The van der Waals surface area contributed by atoms with Crippen LogP contribution in [0.2, 0.25) is 0 Å². The van der Waals surface area contributed by atoms with Crippen LogP contribution in [0.15, 0.2) is 140 Å². The van der Waals surface area contributed by atoms with Gasteiger partial charge in [-0.2, -0.15) is 0 Å². The number of halogens is 2. The van der Waals surface area contributed by atoms with Crippen LogP contribution >= 0.6 is 0 Å². The zero-order valence-corrected chi connectivity index (χ0v) is 63.8. The number of ether oxygens (including phenoxy) is 2. The lowest BCUT2D eigenvalue weighted by Gasteiger charge is -2.30. The maximum Gasteiger partial charge on any atom is 0.254 e. The number of aromatic nitrogens is 10. The Morgan fingerprint density at radius 2 is 0.991 bits per heavy atom. The number of likely N-dealkylation sites (tertiary alicyclic amines) is 1. The van der Waals surface area contributed by atoms with E-state index in [1.807, 2.05) is 131 Å². The number of nitrogens with one attached hydrogen (secondary N) is 6. The van der Waals surface area contributed by atoms with Gasteiger partial charge in [0.1, 0.15) is 46.0 Å². The van der Waals surface area contributed by atoms with E-state index in [2.05, 4.69) is 79.8 Å². The van der Waals surface area contributed by atoms with Crippen molar-refractivity contribution in [3.63, 3.8) is 0 Å². The van der Waals surface area contributed by atoms with Crippen molar-refractivity contribution in [3.05, 3.63) is 219 Å². The molecule has 4 amide bonds. The minimum Gasteiger partial charge on any atom is -0.381 e. The molecule has 6 N–H and O–H groups in total. The number of carbonyl (C=O) groups is 4. The summed E-state index contributed by atoms with van der Waals surface area (Å²) in [6.45, 7) is 7.11. The van der Waals surface area contributed by atoms with Crippen LogP contribution in [0, 0.1) is 11.6 Å². The Hall–Kier alpha value is -12.0. The minimum absolute atomic E-state index is 0.109. The van der Waals surface area contributed by atoms with E-state index in [-0.39, 0.29) is 41.2 Å². The van der Waals surface area contributed by atoms with Gasteiger partial charge in [0.05, 0.1) is 99.7 Å². The first-order valence-corrected chi connectivity index (χ1v) is 37.7. The van der Waals surface area contributed by atoms with Gasteiger partial charge in [-0.3, -0.25) is 33.0 Å². The molecule has 0 unspecified atom stereocenters. The summed E-state index contributed by atoms with van der Waals surface area (Å²) in [5.74, 6) is 1.93. The molecule has 0 radical (unpaired) electrons. The van der Waals surface area contributed by atoms with Gasteiger partial charge in [-0.05, 0) is 156 Å². The zero-order chi connectivity index (χ0) is 77.6. The number of anilines is 6. The van der Waals surface area contributed by atoms with Crippen molar-refractivity contribution in [1.29, 1.82) is 0 Å². The van der Waals surface area contributed by atoms with Crippen molar-refractivity contribution in [2.45, 2.75) is 89.1 Å². The standard InChI is InChI=1S/C29H30FN7O2.C28H29FN6O2.C27H29N7O2/c1-35(2)16-23-19(17-8-10-36(3)27(38)12-17)5-7-25(34-23)33-22-6-4-20(21-14-32-29(39)28(21)22)24-15-31-26-13-18(30)9-11-37(24)26;1-34(2)15-23-19(17-4-3-11-37-16-17)6-8-25(33-23)32-22-7-5-20(21-13-31-28(36)27(21)22)24-14-30-26-12-18(29)9-10-35(24)26;1-33(2)14-22-17(16-8-11-36-15-16)4-5-23(32-22)31-21-13-29-25(20-12-30-27(35)24(20)21)18-6-9-28-26-19(18)7-10-34(26)3/h4-7,9,11,13,15,17H,8,10,12,14,16H2,1-3H3,(H,32,39)(H,33,34);5-10,12,14,17H,3-4,11,13,15-16H2,1-2H3,(H,31,36)(H,32,33);4-7,9-10,13,16H,8,11-12,14-15H2,1-3H3,(H,30,35)(H,31,32)/t2*17-;16-/m011/s1. The number of amides is 4. The number of carbonyl (C=O) groups excluding carboxylic acids is 4.